The predicted octanol–water partition coefficient (Wildman–Crippen LogP) is 3.36. The average molecular weight is 411 g/mol. The van der Waals surface area contributed by atoms with Crippen molar-refractivity contribution in [2.24, 2.45) is 5.92 Å². The topological polar surface area (TPSA) is 46.2 Å². The van der Waals surface area contributed by atoms with Crippen LogP contribution in [0.5, 0.6) is 0 Å². The summed E-state index contributed by atoms with van der Waals surface area (Å²) in [5.74, 6) is 0.199. The maximum absolute atomic E-state index is 12.4. The van der Waals surface area contributed by atoms with Crippen molar-refractivity contribution >= 4 is 32.6 Å². The molecule has 2 unspecified atom stereocenters. The number of allylic oxidation sites excluding steroid dienone is 1. The molecule has 0 heterocycles. The van der Waals surface area contributed by atoms with E-state index in [1.807, 2.05) is 36.4 Å². The van der Waals surface area contributed by atoms with Crippen LogP contribution in [0.1, 0.15) is 33.6 Å². The summed E-state index contributed by atoms with van der Waals surface area (Å²) in [7, 11) is -5.32. The molecule has 112 valence electrons. The summed E-state index contributed by atoms with van der Waals surface area (Å²) in [4.78, 5) is 0. The highest BCUT2D eigenvalue weighted by atomic mass is 127. The number of rotatable bonds is 3. The molecule has 0 amide bonds. The van der Waals surface area contributed by atoms with Crippen molar-refractivity contribution in [3.05, 3.63) is 11.6 Å². The molecule has 0 aromatic carbocycles. The van der Waals surface area contributed by atoms with Crippen molar-refractivity contribution in [1.82, 2.24) is 4.72 Å². The molecule has 19 heavy (non-hydrogen) atoms. The molecule has 2 atom stereocenters. The first-order valence-electron chi connectivity index (χ1n) is 5.85. The highest BCUT2D eigenvalue weighted by molar-refractivity contribution is 14.1. The summed E-state index contributed by atoms with van der Waals surface area (Å²) in [6.07, 6.45) is 3.05. The van der Waals surface area contributed by atoms with Crippen molar-refractivity contribution in [2.75, 3.05) is 0 Å². The Labute approximate surface area is 125 Å². The summed E-state index contributed by atoms with van der Waals surface area (Å²) < 4.78 is 60.9. The van der Waals surface area contributed by atoms with Gasteiger partial charge in [0.25, 0.3) is 0 Å². The van der Waals surface area contributed by atoms with E-state index >= 15 is 0 Å². The van der Waals surface area contributed by atoms with Gasteiger partial charge in [0, 0.05) is 3.42 Å². The number of halogens is 4. The van der Waals surface area contributed by atoms with Gasteiger partial charge in [0.05, 0.1) is 6.04 Å². The minimum Gasteiger partial charge on any atom is -0.203 e. The summed E-state index contributed by atoms with van der Waals surface area (Å²) in [5.41, 5.74) is -4.28. The van der Waals surface area contributed by atoms with Crippen molar-refractivity contribution in [3.8, 4) is 0 Å². The lowest BCUT2D eigenvalue weighted by molar-refractivity contribution is -0.0450. The number of nitrogens with one attached hydrogen (secondary N) is 1. The Bertz CT molecular complexity index is 469. The van der Waals surface area contributed by atoms with Gasteiger partial charge in [0.15, 0.2) is 0 Å². The molecular weight excluding hydrogens is 394 g/mol. The van der Waals surface area contributed by atoms with Gasteiger partial charge in [-0.25, -0.2) is 8.42 Å². The number of alkyl halides is 4. The largest absolute Gasteiger partial charge is 0.511 e. The quantitative estimate of drug-likeness (QED) is 0.440. The molecule has 0 spiro atoms. The monoisotopic (exact) mass is 411 g/mol. The van der Waals surface area contributed by atoms with Crippen molar-refractivity contribution < 1.29 is 21.6 Å². The van der Waals surface area contributed by atoms with Gasteiger partial charge in [0.1, 0.15) is 0 Å². The minimum absolute atomic E-state index is 0.199. The number of hydrogen-bond acceptors (Lipinski definition) is 2. The smallest absolute Gasteiger partial charge is 0.203 e. The molecule has 8 heteroatoms. The van der Waals surface area contributed by atoms with Gasteiger partial charge in [-0.3, -0.25) is 0 Å². The zero-order valence-electron chi connectivity index (χ0n) is 10.9. The molecule has 0 saturated heterocycles. The second-order valence-corrected chi connectivity index (χ2v) is 9.39. The molecule has 1 aliphatic carbocycles. The minimum atomic E-state index is -5.32. The van der Waals surface area contributed by atoms with Crippen molar-refractivity contribution in [3.63, 3.8) is 0 Å². The van der Waals surface area contributed by atoms with E-state index in [-0.39, 0.29) is 5.92 Å². The van der Waals surface area contributed by atoms with Crippen LogP contribution in [0.2, 0.25) is 0 Å². The Morgan fingerprint density at radius 3 is 2.42 bits per heavy atom. The van der Waals surface area contributed by atoms with E-state index in [0.717, 1.165) is 12.0 Å². The van der Waals surface area contributed by atoms with Crippen LogP contribution >= 0.6 is 22.6 Å². The molecule has 1 rings (SSSR count). The van der Waals surface area contributed by atoms with Gasteiger partial charge in [-0.1, -0.05) is 48.1 Å². The van der Waals surface area contributed by atoms with Gasteiger partial charge in [-0.05, 0) is 25.7 Å². The fraction of sp³-hybridized carbons (Fsp3) is 0.818. The molecule has 3 nitrogen and oxygen atoms in total. The van der Waals surface area contributed by atoms with Crippen molar-refractivity contribution in [1.29, 1.82) is 0 Å². The number of hydrogen-bond donors (Lipinski definition) is 1. The van der Waals surface area contributed by atoms with E-state index < -0.39 is 25.0 Å². The lowest BCUT2D eigenvalue weighted by atomic mass is 9.83. The molecule has 0 radical (unpaired) electrons. The average Bonchev–Trinajstić information content (AvgIpc) is 2.18. The van der Waals surface area contributed by atoms with E-state index in [4.69, 9.17) is 0 Å². The lowest BCUT2D eigenvalue weighted by Crippen LogP contribution is -2.51. The number of sulfonamides is 1. The summed E-state index contributed by atoms with van der Waals surface area (Å²) in [6, 6.07) is -0.842. The highest BCUT2D eigenvalue weighted by Crippen LogP contribution is 2.38. The second kappa shape index (κ2) is 5.51. The van der Waals surface area contributed by atoms with Crippen LogP contribution < -0.4 is 4.72 Å². The van der Waals surface area contributed by atoms with Crippen LogP contribution in [0, 0.1) is 5.92 Å². The van der Waals surface area contributed by atoms with Crippen LogP contribution in [-0.2, 0) is 10.0 Å². The van der Waals surface area contributed by atoms with Gasteiger partial charge >= 0.3 is 15.5 Å². The highest BCUT2D eigenvalue weighted by Gasteiger charge is 2.49. The van der Waals surface area contributed by atoms with E-state index in [1.165, 1.54) is 0 Å². The van der Waals surface area contributed by atoms with Crippen LogP contribution in [0.15, 0.2) is 11.6 Å². The van der Waals surface area contributed by atoms with E-state index in [9.17, 15) is 21.6 Å². The fourth-order valence-corrected chi connectivity index (χ4v) is 3.50. The molecule has 1 N–H and O–H groups in total. The lowest BCUT2D eigenvalue weighted by Gasteiger charge is -2.36. The van der Waals surface area contributed by atoms with Crippen molar-refractivity contribution in [2.45, 2.75) is 48.6 Å². The maximum Gasteiger partial charge on any atom is 0.511 e. The van der Waals surface area contributed by atoms with Crippen LogP contribution in [0.3, 0.4) is 0 Å². The van der Waals surface area contributed by atoms with Gasteiger partial charge in [-0.15, -0.1) is 0 Å². The normalized spacial score (nSPS) is 29.5. The first-order chi connectivity index (χ1) is 8.37. The molecule has 0 aromatic heterocycles. The van der Waals surface area contributed by atoms with E-state index in [2.05, 4.69) is 0 Å². The molecular formula is C11H17F3INO2S. The fourth-order valence-electron chi connectivity index (χ4n) is 1.89. The van der Waals surface area contributed by atoms with E-state index in [1.54, 1.807) is 17.7 Å². The Balaban J connectivity index is 3.06. The van der Waals surface area contributed by atoms with Crippen LogP contribution in [-0.4, -0.2) is 23.4 Å². The Morgan fingerprint density at radius 2 is 2.00 bits per heavy atom. The van der Waals surface area contributed by atoms with Gasteiger partial charge in [0.2, 0.25) is 0 Å². The Kier molecular flexibility index (Phi) is 5.00. The molecule has 0 fully saturated rings. The summed E-state index contributed by atoms with van der Waals surface area (Å²) in [6.45, 7) is 5.64. The van der Waals surface area contributed by atoms with Crippen LogP contribution in [0.4, 0.5) is 13.2 Å². The third kappa shape index (κ3) is 4.07. The zero-order valence-corrected chi connectivity index (χ0v) is 13.9. The third-order valence-electron chi connectivity index (χ3n) is 3.26. The van der Waals surface area contributed by atoms with Gasteiger partial charge in [-0.2, -0.15) is 17.9 Å². The van der Waals surface area contributed by atoms with Gasteiger partial charge < -0.3 is 0 Å². The molecule has 0 aromatic rings. The van der Waals surface area contributed by atoms with E-state index in [0.29, 0.717) is 6.42 Å². The SMILES string of the molecule is CC(C)C1=CC(NS(=O)(=O)C(F)(F)F)C(C)(I)CC1. The molecule has 0 aliphatic heterocycles. The molecule has 0 saturated carbocycles. The summed E-state index contributed by atoms with van der Waals surface area (Å²) >= 11 is 2.02. The maximum atomic E-state index is 12.4. The molecule has 1 aliphatic rings. The standard InChI is InChI=1S/C11H17F3INO2S/c1-7(2)8-4-5-10(3,15)9(6-8)16-19(17,18)11(12,13)14/h6-7,9,16H,4-5H2,1-3H3. The first kappa shape index (κ1) is 17.2. The first-order valence-corrected chi connectivity index (χ1v) is 8.41. The zero-order chi connectivity index (χ0) is 15.1. The predicted molar refractivity (Wildman–Crippen MR) is 76.5 cm³/mol. The second-order valence-electron chi connectivity index (χ2n) is 5.22. The Morgan fingerprint density at radius 1 is 1.47 bits per heavy atom. The molecule has 0 bridgehead atoms. The Hall–Kier alpha value is 0.170. The van der Waals surface area contributed by atoms with Crippen LogP contribution in [0.25, 0.3) is 0 Å². The summed E-state index contributed by atoms with van der Waals surface area (Å²) in [5, 5.41) is 0. The third-order valence-corrected chi connectivity index (χ3v) is 5.64.